The fourth-order valence-corrected chi connectivity index (χ4v) is 1.88. The zero-order valence-electron chi connectivity index (χ0n) is 8.95. The van der Waals surface area contributed by atoms with Gasteiger partial charge in [0, 0.05) is 19.2 Å². The number of nitrogens with zero attached hydrogens (tertiary/aromatic N) is 2. The number of aromatic nitrogens is 1. The van der Waals surface area contributed by atoms with E-state index in [-0.39, 0.29) is 18.4 Å². The Balaban J connectivity index is 2.80. The lowest BCUT2D eigenvalue weighted by Crippen LogP contribution is -2.31. The van der Waals surface area contributed by atoms with Gasteiger partial charge in [0.15, 0.2) is 5.82 Å². The van der Waals surface area contributed by atoms with Crippen LogP contribution in [-0.2, 0) is 12.7 Å². The highest BCUT2D eigenvalue weighted by molar-refractivity contribution is 5.62. The lowest BCUT2D eigenvalue weighted by Gasteiger charge is -2.21. The molecule has 0 aliphatic carbocycles. The van der Waals surface area contributed by atoms with Crippen LogP contribution in [0.1, 0.15) is 12.0 Å². The van der Waals surface area contributed by atoms with E-state index < -0.39 is 27.9 Å². The van der Waals surface area contributed by atoms with Crippen LogP contribution in [0.2, 0.25) is 0 Å². The minimum atomic E-state index is -4.93. The SMILES string of the molecule is O=c1cc(C(F)(F)F)c([N+](=O)[O-])c2n1CCCN2. The van der Waals surface area contributed by atoms with Gasteiger partial charge in [0.2, 0.25) is 0 Å². The second-order valence-corrected chi connectivity index (χ2v) is 3.78. The summed E-state index contributed by atoms with van der Waals surface area (Å²) in [6.45, 7) is 0.460. The first-order chi connectivity index (χ1) is 8.32. The average molecular weight is 263 g/mol. The number of hydrogen-bond donors (Lipinski definition) is 1. The molecule has 0 atom stereocenters. The molecular weight excluding hydrogens is 255 g/mol. The summed E-state index contributed by atoms with van der Waals surface area (Å²) < 4.78 is 39.0. The van der Waals surface area contributed by atoms with Gasteiger partial charge >= 0.3 is 11.9 Å². The zero-order chi connectivity index (χ0) is 13.5. The predicted octanol–water partition coefficient (Wildman–Crippen LogP) is 1.59. The monoisotopic (exact) mass is 263 g/mol. The number of hydrogen-bond acceptors (Lipinski definition) is 4. The van der Waals surface area contributed by atoms with E-state index >= 15 is 0 Å². The molecule has 0 amide bonds. The van der Waals surface area contributed by atoms with Gasteiger partial charge in [0.05, 0.1) is 4.92 Å². The maximum absolute atomic E-state index is 12.7. The highest BCUT2D eigenvalue weighted by Gasteiger charge is 2.42. The van der Waals surface area contributed by atoms with Crippen LogP contribution in [0.5, 0.6) is 0 Å². The smallest absolute Gasteiger partial charge is 0.366 e. The number of alkyl halides is 3. The Labute approximate surface area is 98.2 Å². The van der Waals surface area contributed by atoms with E-state index in [0.29, 0.717) is 13.0 Å². The lowest BCUT2D eigenvalue weighted by atomic mass is 10.1. The van der Waals surface area contributed by atoms with Crippen molar-refractivity contribution in [1.29, 1.82) is 0 Å². The van der Waals surface area contributed by atoms with Gasteiger partial charge in [0.25, 0.3) is 5.56 Å². The van der Waals surface area contributed by atoms with E-state index in [1.165, 1.54) is 0 Å². The van der Waals surface area contributed by atoms with Crippen LogP contribution in [0.4, 0.5) is 24.7 Å². The van der Waals surface area contributed by atoms with Crippen molar-refractivity contribution >= 4 is 11.5 Å². The molecule has 18 heavy (non-hydrogen) atoms. The lowest BCUT2D eigenvalue weighted by molar-refractivity contribution is -0.387. The van der Waals surface area contributed by atoms with Crippen LogP contribution in [0.25, 0.3) is 0 Å². The van der Waals surface area contributed by atoms with Gasteiger partial charge in [-0.25, -0.2) is 0 Å². The Bertz CT molecular complexity index is 565. The first-order valence-electron chi connectivity index (χ1n) is 5.05. The summed E-state index contributed by atoms with van der Waals surface area (Å²) in [5, 5.41) is 13.3. The molecule has 0 radical (unpaired) electrons. The van der Waals surface area contributed by atoms with E-state index in [1.807, 2.05) is 0 Å². The van der Waals surface area contributed by atoms with Crippen molar-refractivity contribution in [3.05, 3.63) is 32.1 Å². The molecule has 0 saturated heterocycles. The molecule has 9 heteroatoms. The van der Waals surface area contributed by atoms with Gasteiger partial charge in [-0.3, -0.25) is 19.5 Å². The van der Waals surface area contributed by atoms with Crippen LogP contribution in [-0.4, -0.2) is 16.0 Å². The summed E-state index contributed by atoms with van der Waals surface area (Å²) in [6.07, 6.45) is -4.41. The van der Waals surface area contributed by atoms with Crippen molar-refractivity contribution in [2.75, 3.05) is 11.9 Å². The molecule has 98 valence electrons. The molecule has 1 aliphatic heterocycles. The molecule has 1 aliphatic rings. The summed E-state index contributed by atoms with van der Waals surface area (Å²) >= 11 is 0. The topological polar surface area (TPSA) is 77.2 Å². The van der Waals surface area contributed by atoms with Gasteiger partial charge in [-0.15, -0.1) is 0 Å². The van der Waals surface area contributed by atoms with Gasteiger partial charge in [-0.05, 0) is 6.42 Å². The number of anilines is 1. The number of rotatable bonds is 1. The molecule has 1 N–H and O–H groups in total. The Morgan fingerprint density at radius 3 is 2.67 bits per heavy atom. The molecule has 0 unspecified atom stereocenters. The Kier molecular flexibility index (Phi) is 2.76. The first kappa shape index (κ1) is 12.4. The quantitative estimate of drug-likeness (QED) is 0.616. The Morgan fingerprint density at radius 1 is 1.44 bits per heavy atom. The Hall–Kier alpha value is -2.06. The fraction of sp³-hybridized carbons (Fsp3) is 0.444. The van der Waals surface area contributed by atoms with Crippen molar-refractivity contribution in [3.63, 3.8) is 0 Å². The number of fused-ring (bicyclic) bond motifs is 1. The third-order valence-corrected chi connectivity index (χ3v) is 2.62. The van der Waals surface area contributed by atoms with Crippen molar-refractivity contribution in [3.8, 4) is 0 Å². The first-order valence-corrected chi connectivity index (χ1v) is 5.05. The maximum atomic E-state index is 12.7. The molecule has 2 heterocycles. The van der Waals surface area contributed by atoms with Gasteiger partial charge < -0.3 is 5.32 Å². The molecule has 0 saturated carbocycles. The zero-order valence-corrected chi connectivity index (χ0v) is 8.95. The third-order valence-electron chi connectivity index (χ3n) is 2.62. The number of nitrogens with one attached hydrogen (secondary N) is 1. The average Bonchev–Trinajstić information content (AvgIpc) is 2.27. The largest absolute Gasteiger partial charge is 0.423 e. The summed E-state index contributed by atoms with van der Waals surface area (Å²) in [5.74, 6) is -0.369. The standard InChI is InChI=1S/C9H8F3N3O3/c10-9(11,12)5-4-6(16)14-3-1-2-13-8(14)7(5)15(17)18/h4,13H,1-3H2. The number of nitro groups is 1. The van der Waals surface area contributed by atoms with E-state index in [9.17, 15) is 28.1 Å². The van der Waals surface area contributed by atoms with E-state index in [0.717, 1.165) is 4.57 Å². The molecular formula is C9H8F3N3O3. The fourth-order valence-electron chi connectivity index (χ4n) is 1.88. The predicted molar refractivity (Wildman–Crippen MR) is 55.5 cm³/mol. The van der Waals surface area contributed by atoms with Crippen LogP contribution < -0.4 is 10.9 Å². The summed E-state index contributed by atoms with van der Waals surface area (Å²) in [4.78, 5) is 21.2. The molecule has 0 aromatic carbocycles. The second kappa shape index (κ2) is 4.00. The molecule has 0 fully saturated rings. The highest BCUT2D eigenvalue weighted by atomic mass is 19.4. The van der Waals surface area contributed by atoms with Crippen LogP contribution in [0, 0.1) is 10.1 Å². The summed E-state index contributed by atoms with van der Waals surface area (Å²) in [6, 6.07) is 0.272. The molecule has 0 bridgehead atoms. The minimum Gasteiger partial charge on any atom is -0.366 e. The minimum absolute atomic E-state index is 0.167. The van der Waals surface area contributed by atoms with E-state index in [4.69, 9.17) is 0 Å². The maximum Gasteiger partial charge on any atom is 0.423 e. The van der Waals surface area contributed by atoms with Crippen LogP contribution in [0.3, 0.4) is 0 Å². The highest BCUT2D eigenvalue weighted by Crippen LogP contribution is 2.39. The van der Waals surface area contributed by atoms with Crippen molar-refractivity contribution in [1.82, 2.24) is 4.57 Å². The molecule has 6 nitrogen and oxygen atoms in total. The van der Waals surface area contributed by atoms with Crippen LogP contribution >= 0.6 is 0 Å². The third kappa shape index (κ3) is 1.91. The van der Waals surface area contributed by atoms with E-state index in [1.54, 1.807) is 0 Å². The van der Waals surface area contributed by atoms with Gasteiger partial charge in [-0.1, -0.05) is 0 Å². The molecule has 0 spiro atoms. The van der Waals surface area contributed by atoms with Crippen LogP contribution in [0.15, 0.2) is 10.9 Å². The molecule has 1 aromatic heterocycles. The molecule has 1 aromatic rings. The van der Waals surface area contributed by atoms with Crippen molar-refractivity contribution < 1.29 is 18.1 Å². The number of pyridine rings is 1. The summed E-state index contributed by atoms with van der Waals surface area (Å²) in [5.41, 5.74) is -3.50. The van der Waals surface area contributed by atoms with E-state index in [2.05, 4.69) is 5.32 Å². The normalized spacial score (nSPS) is 14.8. The summed E-state index contributed by atoms with van der Waals surface area (Å²) in [7, 11) is 0. The Morgan fingerprint density at radius 2 is 2.11 bits per heavy atom. The van der Waals surface area contributed by atoms with Gasteiger partial charge in [0.1, 0.15) is 5.56 Å². The molecule has 2 rings (SSSR count). The number of halogens is 3. The van der Waals surface area contributed by atoms with Gasteiger partial charge in [-0.2, -0.15) is 13.2 Å². The van der Waals surface area contributed by atoms with Crippen molar-refractivity contribution in [2.24, 2.45) is 0 Å². The second-order valence-electron chi connectivity index (χ2n) is 3.78. The van der Waals surface area contributed by atoms with Crippen molar-refractivity contribution in [2.45, 2.75) is 19.1 Å².